The Balaban J connectivity index is 2.64. The van der Waals surface area contributed by atoms with Gasteiger partial charge in [-0.3, -0.25) is 9.59 Å². The van der Waals surface area contributed by atoms with Gasteiger partial charge in [-0.05, 0) is 11.1 Å². The van der Waals surface area contributed by atoms with Crippen molar-refractivity contribution in [3.8, 4) is 0 Å². The first-order valence-corrected chi connectivity index (χ1v) is 6.59. The number of carboxylic acid groups (broad SMARTS) is 2. The summed E-state index contributed by atoms with van der Waals surface area (Å²) in [6.07, 6.45) is -0.541. The second-order valence-electron chi connectivity index (χ2n) is 4.96. The standard InChI is InChI=1S/C17H16O4/c18-15(19)11-17(12-16(20)21,13-7-3-1-4-8-13)14-9-5-2-6-10-14/h1-10H,11-12H2,(H,18,19)(H,20,21). The molecule has 0 aromatic heterocycles. The zero-order chi connectivity index (χ0) is 15.3. The molecule has 0 fully saturated rings. The van der Waals surface area contributed by atoms with E-state index < -0.39 is 17.4 Å². The Kier molecular flexibility index (Phi) is 4.38. The summed E-state index contributed by atoms with van der Waals surface area (Å²) in [5.41, 5.74) is 0.321. The van der Waals surface area contributed by atoms with Crippen molar-refractivity contribution in [2.45, 2.75) is 18.3 Å². The average Bonchev–Trinajstić information content (AvgIpc) is 2.47. The first-order chi connectivity index (χ1) is 10.0. The molecule has 4 nitrogen and oxygen atoms in total. The molecule has 0 bridgehead atoms. The molecular formula is C17H16O4. The van der Waals surface area contributed by atoms with Crippen LogP contribution in [0.2, 0.25) is 0 Å². The van der Waals surface area contributed by atoms with Crippen LogP contribution in [0.5, 0.6) is 0 Å². The predicted molar refractivity (Wildman–Crippen MR) is 78.2 cm³/mol. The predicted octanol–water partition coefficient (Wildman–Crippen LogP) is 2.92. The van der Waals surface area contributed by atoms with Gasteiger partial charge >= 0.3 is 11.9 Å². The van der Waals surface area contributed by atoms with Crippen LogP contribution in [0.1, 0.15) is 24.0 Å². The molecule has 0 saturated carbocycles. The van der Waals surface area contributed by atoms with Crippen LogP contribution in [0.15, 0.2) is 60.7 Å². The van der Waals surface area contributed by atoms with Gasteiger partial charge in [-0.25, -0.2) is 0 Å². The lowest BCUT2D eigenvalue weighted by molar-refractivity contribution is -0.140. The molecule has 0 amide bonds. The van der Waals surface area contributed by atoms with E-state index in [0.717, 1.165) is 0 Å². The van der Waals surface area contributed by atoms with Gasteiger partial charge in [0.15, 0.2) is 0 Å². The molecule has 0 radical (unpaired) electrons. The zero-order valence-electron chi connectivity index (χ0n) is 11.4. The van der Waals surface area contributed by atoms with Gasteiger partial charge in [-0.1, -0.05) is 60.7 Å². The first kappa shape index (κ1) is 14.8. The Bertz CT molecular complexity index is 562. The zero-order valence-corrected chi connectivity index (χ0v) is 11.4. The first-order valence-electron chi connectivity index (χ1n) is 6.59. The number of hydrogen-bond acceptors (Lipinski definition) is 2. The molecule has 0 aliphatic rings. The second kappa shape index (κ2) is 6.22. The Morgan fingerprint density at radius 3 is 1.33 bits per heavy atom. The maximum atomic E-state index is 11.4. The summed E-state index contributed by atoms with van der Waals surface area (Å²) in [4.78, 5) is 22.7. The van der Waals surface area contributed by atoms with Crippen LogP contribution in [0.3, 0.4) is 0 Å². The molecule has 0 atom stereocenters. The van der Waals surface area contributed by atoms with E-state index in [9.17, 15) is 19.8 Å². The van der Waals surface area contributed by atoms with Gasteiger partial charge in [-0.15, -0.1) is 0 Å². The van der Waals surface area contributed by atoms with Gasteiger partial charge < -0.3 is 10.2 Å². The lowest BCUT2D eigenvalue weighted by Crippen LogP contribution is -2.33. The number of rotatable bonds is 6. The van der Waals surface area contributed by atoms with Gasteiger partial charge in [0.2, 0.25) is 0 Å². The molecule has 2 rings (SSSR count). The van der Waals surface area contributed by atoms with Crippen molar-refractivity contribution >= 4 is 11.9 Å². The highest BCUT2D eigenvalue weighted by Gasteiger charge is 2.38. The fraction of sp³-hybridized carbons (Fsp3) is 0.176. The molecule has 108 valence electrons. The Morgan fingerprint density at radius 1 is 0.714 bits per heavy atom. The smallest absolute Gasteiger partial charge is 0.304 e. The molecule has 0 saturated heterocycles. The van der Waals surface area contributed by atoms with E-state index in [2.05, 4.69) is 0 Å². The van der Waals surface area contributed by atoms with Crippen LogP contribution in [0.25, 0.3) is 0 Å². The van der Waals surface area contributed by atoms with E-state index in [1.54, 1.807) is 48.5 Å². The van der Waals surface area contributed by atoms with Gasteiger partial charge in [0.25, 0.3) is 0 Å². The molecule has 21 heavy (non-hydrogen) atoms. The summed E-state index contributed by atoms with van der Waals surface area (Å²) in [6, 6.07) is 17.9. The summed E-state index contributed by atoms with van der Waals surface area (Å²) < 4.78 is 0. The number of benzene rings is 2. The van der Waals surface area contributed by atoms with Crippen molar-refractivity contribution in [1.82, 2.24) is 0 Å². The van der Waals surface area contributed by atoms with Gasteiger partial charge in [0.1, 0.15) is 0 Å². The monoisotopic (exact) mass is 284 g/mol. The highest BCUT2D eigenvalue weighted by Crippen LogP contribution is 2.39. The number of hydrogen-bond donors (Lipinski definition) is 2. The summed E-state index contributed by atoms with van der Waals surface area (Å²) in [6.45, 7) is 0. The molecular weight excluding hydrogens is 268 g/mol. The van der Waals surface area contributed by atoms with Crippen LogP contribution >= 0.6 is 0 Å². The van der Waals surface area contributed by atoms with Crippen molar-refractivity contribution in [1.29, 1.82) is 0 Å². The average molecular weight is 284 g/mol. The highest BCUT2D eigenvalue weighted by molar-refractivity contribution is 5.76. The van der Waals surface area contributed by atoms with Crippen LogP contribution in [-0.4, -0.2) is 22.2 Å². The second-order valence-corrected chi connectivity index (χ2v) is 4.96. The van der Waals surface area contributed by atoms with Crippen molar-refractivity contribution in [3.63, 3.8) is 0 Å². The van der Waals surface area contributed by atoms with E-state index >= 15 is 0 Å². The lowest BCUT2D eigenvalue weighted by Gasteiger charge is -2.32. The Hall–Kier alpha value is -2.62. The van der Waals surface area contributed by atoms with Crippen LogP contribution in [-0.2, 0) is 15.0 Å². The van der Waals surface area contributed by atoms with E-state index in [4.69, 9.17) is 0 Å². The number of carboxylic acids is 2. The molecule has 0 unspecified atom stereocenters. The van der Waals surface area contributed by atoms with Crippen LogP contribution < -0.4 is 0 Å². The third-order valence-corrected chi connectivity index (χ3v) is 3.56. The molecule has 0 heterocycles. The van der Waals surface area contributed by atoms with Crippen molar-refractivity contribution in [2.75, 3.05) is 0 Å². The van der Waals surface area contributed by atoms with Gasteiger partial charge in [0, 0.05) is 5.41 Å². The molecule has 0 spiro atoms. The molecule has 2 N–H and O–H groups in total. The minimum Gasteiger partial charge on any atom is -0.481 e. The van der Waals surface area contributed by atoms with Gasteiger partial charge in [0.05, 0.1) is 12.8 Å². The van der Waals surface area contributed by atoms with Crippen LogP contribution in [0, 0.1) is 0 Å². The third kappa shape index (κ3) is 3.28. The fourth-order valence-electron chi connectivity index (χ4n) is 2.67. The van der Waals surface area contributed by atoms with E-state index in [0.29, 0.717) is 11.1 Å². The number of aliphatic carboxylic acids is 2. The SMILES string of the molecule is O=C(O)CC(CC(=O)O)(c1ccccc1)c1ccccc1. The Labute approximate surface area is 122 Å². The molecule has 4 heteroatoms. The highest BCUT2D eigenvalue weighted by atomic mass is 16.4. The maximum Gasteiger partial charge on any atom is 0.304 e. The normalized spacial score (nSPS) is 11.0. The van der Waals surface area contributed by atoms with E-state index in [1.807, 2.05) is 12.1 Å². The third-order valence-electron chi connectivity index (χ3n) is 3.56. The minimum absolute atomic E-state index is 0.271. The lowest BCUT2D eigenvalue weighted by atomic mass is 9.70. The summed E-state index contributed by atoms with van der Waals surface area (Å²) >= 11 is 0. The quantitative estimate of drug-likeness (QED) is 0.855. The molecule has 2 aromatic carbocycles. The minimum atomic E-state index is -1.07. The summed E-state index contributed by atoms with van der Waals surface area (Å²) in [7, 11) is 0. The van der Waals surface area contributed by atoms with E-state index in [-0.39, 0.29) is 12.8 Å². The molecule has 0 aliphatic carbocycles. The van der Waals surface area contributed by atoms with Crippen molar-refractivity contribution < 1.29 is 19.8 Å². The summed E-state index contributed by atoms with van der Waals surface area (Å²) in [5, 5.41) is 18.6. The fourth-order valence-corrected chi connectivity index (χ4v) is 2.67. The van der Waals surface area contributed by atoms with E-state index in [1.165, 1.54) is 0 Å². The molecule has 2 aromatic rings. The number of carbonyl (C=O) groups is 2. The largest absolute Gasteiger partial charge is 0.481 e. The summed E-state index contributed by atoms with van der Waals surface area (Å²) in [5.74, 6) is -2.05. The molecule has 0 aliphatic heterocycles. The van der Waals surface area contributed by atoms with Gasteiger partial charge in [-0.2, -0.15) is 0 Å². The Morgan fingerprint density at radius 2 is 1.05 bits per heavy atom. The van der Waals surface area contributed by atoms with Crippen molar-refractivity contribution in [2.24, 2.45) is 0 Å². The van der Waals surface area contributed by atoms with Crippen LogP contribution in [0.4, 0.5) is 0 Å². The van der Waals surface area contributed by atoms with Crippen molar-refractivity contribution in [3.05, 3.63) is 71.8 Å². The maximum absolute atomic E-state index is 11.4. The topological polar surface area (TPSA) is 74.6 Å².